The van der Waals surface area contributed by atoms with Gasteiger partial charge in [0.1, 0.15) is 5.56 Å². The zero-order valence-corrected chi connectivity index (χ0v) is 11.8. The summed E-state index contributed by atoms with van der Waals surface area (Å²) in [5.74, 6) is -0.675. The van der Waals surface area contributed by atoms with Gasteiger partial charge >= 0.3 is 5.69 Å². The minimum Gasteiger partial charge on any atom is -0.388 e. The average molecular weight is 316 g/mol. The maximum atomic E-state index is 12.1. The van der Waals surface area contributed by atoms with Crippen molar-refractivity contribution in [3.05, 3.63) is 33.1 Å². The van der Waals surface area contributed by atoms with Gasteiger partial charge in [0.25, 0.3) is 5.91 Å². The van der Waals surface area contributed by atoms with E-state index in [-0.39, 0.29) is 17.3 Å². The van der Waals surface area contributed by atoms with Crippen LogP contribution in [0.15, 0.2) is 12.3 Å². The second-order valence-corrected chi connectivity index (χ2v) is 5.13. The summed E-state index contributed by atoms with van der Waals surface area (Å²) in [4.78, 5) is 25.8. The van der Waals surface area contributed by atoms with Crippen molar-refractivity contribution in [2.24, 2.45) is 0 Å². The largest absolute Gasteiger partial charge is 0.388 e. The van der Waals surface area contributed by atoms with Gasteiger partial charge in [-0.3, -0.25) is 14.9 Å². The zero-order valence-electron chi connectivity index (χ0n) is 11.0. The monoisotopic (exact) mass is 315 g/mol. The number of aliphatic hydroxyl groups is 1. The van der Waals surface area contributed by atoms with Crippen LogP contribution in [0, 0.1) is 10.1 Å². The minimum atomic E-state index is -1.06. The number of hydrogen-bond donors (Lipinski definition) is 2. The quantitative estimate of drug-likeness (QED) is 0.485. The molecular weight excluding hydrogens is 302 g/mol. The number of carbonyl (C=O) groups excluding carboxylic acids is 1. The highest BCUT2D eigenvalue weighted by molar-refractivity contribution is 6.32. The second kappa shape index (κ2) is 6.33. The lowest BCUT2D eigenvalue weighted by molar-refractivity contribution is -0.385. The Bertz CT molecular complexity index is 560. The van der Waals surface area contributed by atoms with Gasteiger partial charge in [-0.05, 0) is 6.07 Å². The van der Waals surface area contributed by atoms with E-state index in [1.54, 1.807) is 0 Å². The van der Waals surface area contributed by atoms with E-state index in [1.807, 2.05) is 0 Å². The highest BCUT2D eigenvalue weighted by Gasteiger charge is 2.31. The first-order chi connectivity index (χ1) is 9.93. The van der Waals surface area contributed by atoms with Crippen molar-refractivity contribution in [1.82, 2.24) is 10.3 Å². The molecule has 0 aromatic carbocycles. The Morgan fingerprint density at radius 3 is 2.86 bits per heavy atom. The summed E-state index contributed by atoms with van der Waals surface area (Å²) in [5, 5.41) is 23.3. The third-order valence-corrected chi connectivity index (χ3v) is 3.58. The first-order valence-electron chi connectivity index (χ1n) is 6.30. The molecule has 0 saturated carbocycles. The van der Waals surface area contributed by atoms with E-state index in [1.165, 1.54) is 12.3 Å². The number of amides is 1. The maximum Gasteiger partial charge on any atom is 0.319 e. The summed E-state index contributed by atoms with van der Waals surface area (Å²) in [7, 11) is 0. The summed E-state index contributed by atoms with van der Waals surface area (Å²) in [6.45, 7) is 0.813. The average Bonchev–Trinajstić information content (AvgIpc) is 2.45. The molecule has 114 valence electrons. The molecule has 21 heavy (non-hydrogen) atoms. The molecular formula is C12H14ClN3O5. The van der Waals surface area contributed by atoms with Gasteiger partial charge in [0, 0.05) is 38.8 Å². The van der Waals surface area contributed by atoms with Crippen molar-refractivity contribution < 1.29 is 19.6 Å². The Labute approximate surface area is 125 Å². The number of hydrogen-bond acceptors (Lipinski definition) is 6. The van der Waals surface area contributed by atoms with E-state index < -0.39 is 22.1 Å². The Kier molecular flexibility index (Phi) is 4.71. The van der Waals surface area contributed by atoms with Crippen LogP contribution in [0.1, 0.15) is 23.2 Å². The number of carbonyl (C=O) groups is 1. The fraction of sp³-hybridized carbons (Fsp3) is 0.500. The molecule has 0 spiro atoms. The predicted octanol–water partition coefficient (Wildman–Crippen LogP) is 0.914. The van der Waals surface area contributed by atoms with E-state index in [0.29, 0.717) is 26.1 Å². The smallest absolute Gasteiger partial charge is 0.319 e. The van der Waals surface area contributed by atoms with Gasteiger partial charge in [0.05, 0.1) is 10.5 Å². The molecule has 1 aliphatic heterocycles. The van der Waals surface area contributed by atoms with Gasteiger partial charge in [0.15, 0.2) is 0 Å². The normalized spacial score (nSPS) is 17.2. The van der Waals surface area contributed by atoms with Crippen LogP contribution in [0.5, 0.6) is 0 Å². The number of nitrogens with zero attached hydrogens (tertiary/aromatic N) is 2. The summed E-state index contributed by atoms with van der Waals surface area (Å²) in [6.07, 6.45) is 2.01. The lowest BCUT2D eigenvalue weighted by Crippen LogP contribution is -2.46. The van der Waals surface area contributed by atoms with Crippen molar-refractivity contribution in [3.8, 4) is 0 Å². The van der Waals surface area contributed by atoms with Gasteiger partial charge in [0.2, 0.25) is 5.15 Å². The van der Waals surface area contributed by atoms with Crippen LogP contribution in [0.2, 0.25) is 5.15 Å². The summed E-state index contributed by atoms with van der Waals surface area (Å²) in [6, 6.07) is 1.22. The van der Waals surface area contributed by atoms with Crippen molar-refractivity contribution in [1.29, 1.82) is 0 Å². The van der Waals surface area contributed by atoms with E-state index in [9.17, 15) is 20.0 Å². The van der Waals surface area contributed by atoms with Gasteiger partial charge in [-0.25, -0.2) is 4.98 Å². The SMILES string of the molecule is O=C(NCC1(O)CCOCC1)c1ccnc(Cl)c1[N+](=O)[O-]. The van der Waals surface area contributed by atoms with Crippen LogP contribution in [-0.4, -0.2) is 46.3 Å². The molecule has 1 amide bonds. The number of halogens is 1. The number of ether oxygens (including phenoxy) is 1. The lowest BCUT2D eigenvalue weighted by Gasteiger charge is -2.32. The van der Waals surface area contributed by atoms with E-state index in [2.05, 4.69) is 10.3 Å². The molecule has 1 aromatic rings. The third-order valence-electron chi connectivity index (χ3n) is 3.31. The number of nitro groups is 1. The fourth-order valence-corrected chi connectivity index (χ4v) is 2.28. The highest BCUT2D eigenvalue weighted by atomic mass is 35.5. The molecule has 2 heterocycles. The standard InChI is InChI=1S/C12H14ClN3O5/c13-10-9(16(19)20)8(1-4-14-10)11(17)15-7-12(18)2-5-21-6-3-12/h1,4,18H,2-3,5-7H2,(H,15,17). The van der Waals surface area contributed by atoms with Crippen LogP contribution in [0.4, 0.5) is 5.69 Å². The molecule has 1 saturated heterocycles. The maximum absolute atomic E-state index is 12.1. The molecule has 8 nitrogen and oxygen atoms in total. The molecule has 0 unspecified atom stereocenters. The van der Waals surface area contributed by atoms with Crippen LogP contribution in [0.3, 0.4) is 0 Å². The molecule has 0 radical (unpaired) electrons. The first-order valence-corrected chi connectivity index (χ1v) is 6.68. The molecule has 9 heteroatoms. The molecule has 1 aliphatic rings. The molecule has 1 aromatic heterocycles. The topological polar surface area (TPSA) is 115 Å². The number of nitrogens with one attached hydrogen (secondary N) is 1. The van der Waals surface area contributed by atoms with Gasteiger partial charge < -0.3 is 15.2 Å². The van der Waals surface area contributed by atoms with Gasteiger partial charge in [-0.15, -0.1) is 0 Å². The summed E-state index contributed by atoms with van der Waals surface area (Å²) in [5.41, 5.74) is -1.79. The molecule has 0 bridgehead atoms. The van der Waals surface area contributed by atoms with E-state index in [4.69, 9.17) is 16.3 Å². The van der Waals surface area contributed by atoms with Gasteiger partial charge in [-0.1, -0.05) is 11.6 Å². The van der Waals surface area contributed by atoms with Gasteiger partial charge in [-0.2, -0.15) is 0 Å². The summed E-state index contributed by atoms with van der Waals surface area (Å²) >= 11 is 5.65. The minimum absolute atomic E-state index is 0.00765. The fourth-order valence-electron chi connectivity index (χ4n) is 2.05. The van der Waals surface area contributed by atoms with Crippen molar-refractivity contribution in [2.75, 3.05) is 19.8 Å². The van der Waals surface area contributed by atoms with Crippen LogP contribution in [-0.2, 0) is 4.74 Å². The Balaban J connectivity index is 2.10. The molecule has 2 rings (SSSR count). The van der Waals surface area contributed by atoms with Crippen LogP contribution < -0.4 is 5.32 Å². The number of rotatable bonds is 4. The zero-order chi connectivity index (χ0) is 15.5. The Morgan fingerprint density at radius 2 is 2.24 bits per heavy atom. The molecule has 2 N–H and O–H groups in total. The molecule has 0 aliphatic carbocycles. The number of aromatic nitrogens is 1. The molecule has 1 fully saturated rings. The Hall–Kier alpha value is -1.77. The van der Waals surface area contributed by atoms with Crippen LogP contribution in [0.25, 0.3) is 0 Å². The molecule has 0 atom stereocenters. The van der Waals surface area contributed by atoms with E-state index in [0.717, 1.165) is 0 Å². The van der Waals surface area contributed by atoms with Crippen molar-refractivity contribution in [2.45, 2.75) is 18.4 Å². The Morgan fingerprint density at radius 1 is 1.57 bits per heavy atom. The van der Waals surface area contributed by atoms with Crippen molar-refractivity contribution in [3.63, 3.8) is 0 Å². The summed E-state index contributed by atoms with van der Waals surface area (Å²) < 4.78 is 5.13. The number of pyridine rings is 1. The highest BCUT2D eigenvalue weighted by Crippen LogP contribution is 2.26. The second-order valence-electron chi connectivity index (χ2n) is 4.77. The van der Waals surface area contributed by atoms with Crippen molar-refractivity contribution >= 4 is 23.2 Å². The van der Waals surface area contributed by atoms with Crippen LogP contribution >= 0.6 is 11.6 Å². The lowest BCUT2D eigenvalue weighted by atomic mass is 9.94. The predicted molar refractivity (Wildman–Crippen MR) is 73.2 cm³/mol. The third kappa shape index (κ3) is 3.66. The first kappa shape index (κ1) is 15.6. The van der Waals surface area contributed by atoms with E-state index >= 15 is 0 Å².